The summed E-state index contributed by atoms with van der Waals surface area (Å²) in [5.41, 5.74) is 6.16. The highest BCUT2D eigenvalue weighted by Gasteiger charge is 1.95. The average Bonchev–Trinajstić information content (AvgIpc) is 2.39. The molecule has 0 aliphatic heterocycles. The SMILES string of the molecule is CC(=NNc1ccc(I)cc1)c1ccccc1. The van der Waals surface area contributed by atoms with Crippen molar-refractivity contribution in [1.82, 2.24) is 0 Å². The van der Waals surface area contributed by atoms with Gasteiger partial charge in [0.05, 0.1) is 11.4 Å². The Morgan fingerprint density at radius 2 is 1.65 bits per heavy atom. The number of nitrogens with one attached hydrogen (secondary N) is 1. The van der Waals surface area contributed by atoms with Gasteiger partial charge in [-0.2, -0.15) is 5.10 Å². The summed E-state index contributed by atoms with van der Waals surface area (Å²) >= 11 is 2.28. The number of anilines is 1. The lowest BCUT2D eigenvalue weighted by Crippen LogP contribution is -1.99. The van der Waals surface area contributed by atoms with Gasteiger partial charge in [-0.1, -0.05) is 30.3 Å². The molecule has 0 amide bonds. The van der Waals surface area contributed by atoms with E-state index in [0.29, 0.717) is 0 Å². The van der Waals surface area contributed by atoms with Gasteiger partial charge in [-0.3, -0.25) is 5.43 Å². The molecular formula is C14H13IN2. The van der Waals surface area contributed by atoms with Crippen LogP contribution in [0.5, 0.6) is 0 Å². The zero-order valence-corrected chi connectivity index (χ0v) is 11.7. The molecule has 0 fully saturated rings. The molecule has 3 heteroatoms. The van der Waals surface area contributed by atoms with E-state index in [1.54, 1.807) is 0 Å². The van der Waals surface area contributed by atoms with Gasteiger partial charge >= 0.3 is 0 Å². The normalized spacial score (nSPS) is 11.3. The standard InChI is InChI=1S/C14H13IN2/c1-11(12-5-3-2-4-6-12)16-17-14-9-7-13(15)8-10-14/h2-10,17H,1H3. The van der Waals surface area contributed by atoms with Crippen LogP contribution in [0.1, 0.15) is 12.5 Å². The summed E-state index contributed by atoms with van der Waals surface area (Å²) in [5.74, 6) is 0. The van der Waals surface area contributed by atoms with Crippen LogP contribution in [-0.4, -0.2) is 5.71 Å². The van der Waals surface area contributed by atoms with Crippen molar-refractivity contribution in [1.29, 1.82) is 0 Å². The summed E-state index contributed by atoms with van der Waals surface area (Å²) in [7, 11) is 0. The predicted octanol–water partition coefficient (Wildman–Crippen LogP) is 4.13. The van der Waals surface area contributed by atoms with Crippen LogP contribution in [0, 0.1) is 3.57 Å². The summed E-state index contributed by atoms with van der Waals surface area (Å²) in [4.78, 5) is 0. The van der Waals surface area contributed by atoms with Gasteiger partial charge in [-0.05, 0) is 59.3 Å². The van der Waals surface area contributed by atoms with Crippen molar-refractivity contribution in [2.45, 2.75) is 6.92 Å². The molecule has 0 saturated carbocycles. The Labute approximate surface area is 115 Å². The zero-order chi connectivity index (χ0) is 12.1. The Bertz CT molecular complexity index is 504. The largest absolute Gasteiger partial charge is 0.278 e. The van der Waals surface area contributed by atoms with E-state index in [9.17, 15) is 0 Å². The number of nitrogens with zero attached hydrogens (tertiary/aromatic N) is 1. The molecule has 1 N–H and O–H groups in total. The quantitative estimate of drug-likeness (QED) is 0.509. The minimum Gasteiger partial charge on any atom is -0.278 e. The predicted molar refractivity (Wildman–Crippen MR) is 81.4 cm³/mol. The molecule has 0 atom stereocenters. The first-order valence-corrected chi connectivity index (χ1v) is 6.45. The number of hydrazone groups is 1. The van der Waals surface area contributed by atoms with E-state index in [1.807, 2.05) is 37.3 Å². The van der Waals surface area contributed by atoms with Crippen LogP contribution in [0.4, 0.5) is 5.69 Å². The third kappa shape index (κ3) is 3.56. The van der Waals surface area contributed by atoms with E-state index in [1.165, 1.54) is 3.57 Å². The van der Waals surface area contributed by atoms with Crippen molar-refractivity contribution >= 4 is 34.0 Å². The minimum atomic E-state index is 0.976. The summed E-state index contributed by atoms with van der Waals surface area (Å²) in [5, 5.41) is 4.36. The highest BCUT2D eigenvalue weighted by molar-refractivity contribution is 14.1. The lowest BCUT2D eigenvalue weighted by atomic mass is 10.1. The highest BCUT2D eigenvalue weighted by atomic mass is 127. The molecule has 17 heavy (non-hydrogen) atoms. The van der Waals surface area contributed by atoms with E-state index < -0.39 is 0 Å². The van der Waals surface area contributed by atoms with Gasteiger partial charge in [0.15, 0.2) is 0 Å². The van der Waals surface area contributed by atoms with Gasteiger partial charge < -0.3 is 0 Å². The fraction of sp³-hybridized carbons (Fsp3) is 0.0714. The minimum absolute atomic E-state index is 0.976. The molecule has 86 valence electrons. The van der Waals surface area contributed by atoms with Crippen molar-refractivity contribution in [3.05, 3.63) is 63.7 Å². The van der Waals surface area contributed by atoms with Crippen LogP contribution in [0.15, 0.2) is 59.7 Å². The molecule has 0 heterocycles. The first kappa shape index (κ1) is 12.1. The maximum absolute atomic E-state index is 4.36. The Hall–Kier alpha value is -1.36. The molecule has 0 aliphatic carbocycles. The summed E-state index contributed by atoms with van der Waals surface area (Å²) < 4.78 is 1.22. The van der Waals surface area contributed by atoms with Crippen molar-refractivity contribution in [2.24, 2.45) is 5.10 Å². The van der Waals surface area contributed by atoms with Crippen LogP contribution in [0.25, 0.3) is 0 Å². The molecular weight excluding hydrogens is 323 g/mol. The van der Waals surface area contributed by atoms with Gasteiger partial charge in [0.25, 0.3) is 0 Å². The molecule has 2 rings (SSSR count). The van der Waals surface area contributed by atoms with Crippen LogP contribution in [0.2, 0.25) is 0 Å². The Kier molecular flexibility index (Phi) is 4.14. The Morgan fingerprint density at radius 1 is 1.00 bits per heavy atom. The van der Waals surface area contributed by atoms with E-state index in [0.717, 1.165) is 17.0 Å². The summed E-state index contributed by atoms with van der Waals surface area (Å²) in [6.07, 6.45) is 0. The molecule has 2 aromatic rings. The van der Waals surface area contributed by atoms with Crippen LogP contribution >= 0.6 is 22.6 Å². The zero-order valence-electron chi connectivity index (χ0n) is 9.52. The molecule has 2 aromatic carbocycles. The third-order valence-corrected chi connectivity index (χ3v) is 3.11. The maximum Gasteiger partial charge on any atom is 0.0648 e. The number of halogens is 1. The fourth-order valence-corrected chi connectivity index (χ4v) is 1.78. The van der Waals surface area contributed by atoms with Crippen molar-refractivity contribution in [3.63, 3.8) is 0 Å². The summed E-state index contributed by atoms with van der Waals surface area (Å²) in [6, 6.07) is 18.3. The van der Waals surface area contributed by atoms with Crippen molar-refractivity contribution in [2.75, 3.05) is 5.43 Å². The summed E-state index contributed by atoms with van der Waals surface area (Å²) in [6.45, 7) is 2.00. The van der Waals surface area contributed by atoms with Crippen LogP contribution in [0.3, 0.4) is 0 Å². The Morgan fingerprint density at radius 3 is 2.29 bits per heavy atom. The van der Waals surface area contributed by atoms with Crippen LogP contribution < -0.4 is 5.43 Å². The lowest BCUT2D eigenvalue weighted by molar-refractivity contribution is 1.32. The van der Waals surface area contributed by atoms with Gasteiger partial charge in [-0.15, -0.1) is 0 Å². The van der Waals surface area contributed by atoms with Crippen LogP contribution in [-0.2, 0) is 0 Å². The highest BCUT2D eigenvalue weighted by Crippen LogP contribution is 2.11. The molecule has 0 bridgehead atoms. The molecule has 2 nitrogen and oxygen atoms in total. The van der Waals surface area contributed by atoms with Crippen molar-refractivity contribution in [3.8, 4) is 0 Å². The second kappa shape index (κ2) is 5.82. The molecule has 0 spiro atoms. The van der Waals surface area contributed by atoms with E-state index >= 15 is 0 Å². The van der Waals surface area contributed by atoms with E-state index in [-0.39, 0.29) is 0 Å². The monoisotopic (exact) mass is 336 g/mol. The first-order valence-electron chi connectivity index (χ1n) is 5.37. The first-order chi connectivity index (χ1) is 8.25. The van der Waals surface area contributed by atoms with E-state index in [2.05, 4.69) is 57.4 Å². The smallest absolute Gasteiger partial charge is 0.0648 e. The number of benzene rings is 2. The van der Waals surface area contributed by atoms with Crippen molar-refractivity contribution < 1.29 is 0 Å². The number of hydrogen-bond donors (Lipinski definition) is 1. The molecule has 0 unspecified atom stereocenters. The number of rotatable bonds is 3. The maximum atomic E-state index is 4.36. The topological polar surface area (TPSA) is 24.4 Å². The average molecular weight is 336 g/mol. The molecule has 0 aliphatic rings. The molecule has 0 saturated heterocycles. The molecule has 0 radical (unpaired) electrons. The van der Waals surface area contributed by atoms with Gasteiger partial charge in [-0.25, -0.2) is 0 Å². The third-order valence-electron chi connectivity index (χ3n) is 2.39. The van der Waals surface area contributed by atoms with Gasteiger partial charge in [0.2, 0.25) is 0 Å². The number of hydrogen-bond acceptors (Lipinski definition) is 2. The fourth-order valence-electron chi connectivity index (χ4n) is 1.42. The lowest BCUT2D eigenvalue weighted by Gasteiger charge is -2.03. The van der Waals surface area contributed by atoms with Gasteiger partial charge in [0.1, 0.15) is 0 Å². The molecule has 0 aromatic heterocycles. The Balaban J connectivity index is 2.08. The van der Waals surface area contributed by atoms with E-state index in [4.69, 9.17) is 0 Å². The van der Waals surface area contributed by atoms with Gasteiger partial charge in [0, 0.05) is 3.57 Å². The second-order valence-corrected chi connectivity index (χ2v) is 4.93. The second-order valence-electron chi connectivity index (χ2n) is 3.68.